The zero-order valence-corrected chi connectivity index (χ0v) is 17.2. The number of aromatic nitrogens is 2. The van der Waals surface area contributed by atoms with Crippen molar-refractivity contribution in [2.24, 2.45) is 0 Å². The Labute approximate surface area is 183 Å². The first kappa shape index (κ1) is 20.0. The normalized spacial score (nSPS) is 21.8. The van der Waals surface area contributed by atoms with Gasteiger partial charge in [0.2, 0.25) is 0 Å². The molecule has 0 bridgehead atoms. The fraction of sp³-hybridized carbons (Fsp3) is 0.318. The molecule has 0 unspecified atom stereocenters. The van der Waals surface area contributed by atoms with Crippen molar-refractivity contribution in [3.8, 4) is 17.1 Å². The van der Waals surface area contributed by atoms with E-state index in [4.69, 9.17) is 15.2 Å². The van der Waals surface area contributed by atoms with Crippen LogP contribution >= 0.6 is 0 Å². The summed E-state index contributed by atoms with van der Waals surface area (Å²) in [6.07, 6.45) is -0.0613. The van der Waals surface area contributed by atoms with Gasteiger partial charge in [0, 0.05) is 22.8 Å². The van der Waals surface area contributed by atoms with Crippen molar-refractivity contribution in [1.82, 2.24) is 9.55 Å². The summed E-state index contributed by atoms with van der Waals surface area (Å²) in [6, 6.07) is 2.35. The molecule has 0 aliphatic carbocycles. The average Bonchev–Trinajstić information content (AvgIpc) is 3.14. The van der Waals surface area contributed by atoms with Crippen LogP contribution in [0.5, 0.6) is 5.75 Å². The van der Waals surface area contributed by atoms with E-state index in [0.717, 1.165) is 6.07 Å². The van der Waals surface area contributed by atoms with Crippen LogP contribution in [-0.4, -0.2) is 27.2 Å². The number of alkyl halides is 2. The lowest BCUT2D eigenvalue weighted by Gasteiger charge is -2.31. The van der Waals surface area contributed by atoms with Crippen LogP contribution in [0.25, 0.3) is 22.3 Å². The minimum atomic E-state index is -3.45. The number of hydrogen-bond donors (Lipinski definition) is 2. The summed E-state index contributed by atoms with van der Waals surface area (Å²) in [5, 5.41) is 10.8. The van der Waals surface area contributed by atoms with E-state index in [2.05, 4.69) is 4.98 Å². The van der Waals surface area contributed by atoms with E-state index in [1.807, 2.05) is 0 Å². The molecule has 1 atom stereocenters. The number of nitrogens with zero attached hydrogens (tertiary/aromatic N) is 2. The van der Waals surface area contributed by atoms with Gasteiger partial charge in [0.15, 0.2) is 23.8 Å². The van der Waals surface area contributed by atoms with E-state index in [1.54, 1.807) is 6.92 Å². The van der Waals surface area contributed by atoms with E-state index in [-0.39, 0.29) is 64.3 Å². The lowest BCUT2D eigenvalue weighted by molar-refractivity contribution is -0.172. The van der Waals surface area contributed by atoms with Crippen molar-refractivity contribution in [3.63, 3.8) is 0 Å². The molecule has 33 heavy (non-hydrogen) atoms. The van der Waals surface area contributed by atoms with Gasteiger partial charge in [-0.15, -0.1) is 0 Å². The van der Waals surface area contributed by atoms with Gasteiger partial charge in [0.25, 0.3) is 5.56 Å². The molecule has 11 heteroatoms. The second-order valence-electron chi connectivity index (χ2n) is 8.41. The quantitative estimate of drug-likeness (QED) is 0.331. The van der Waals surface area contributed by atoms with Crippen LogP contribution < -0.4 is 16.0 Å². The molecule has 0 saturated carbocycles. The first-order valence-corrected chi connectivity index (χ1v) is 10.2. The number of rotatable bonds is 1. The van der Waals surface area contributed by atoms with Crippen LogP contribution in [0.4, 0.5) is 18.9 Å². The molecule has 3 aliphatic heterocycles. The SMILES string of the molecule is CC[C@@]1(O)C(=O)OCc2c1cc1n(c2=O)Cc2c-1nc1cc(F)c(N)c3c1c2C(F)(F)CO3. The standard InChI is InChI=1S/C22H16F3N3O5/c1-2-21(31)10-3-13-17-8(5-28(13)19(29)9(10)6-32-20(21)30)15-14-12(27-17)4-11(23)16(26)18(14)33-7-22(15,24)25/h3-4,31H,2,5-7,26H2,1H3/t21-/m0/s1. The Kier molecular flexibility index (Phi) is 3.67. The predicted octanol–water partition coefficient (Wildman–Crippen LogP) is 2.29. The number of nitrogen functional groups attached to an aromatic ring is 1. The predicted molar refractivity (Wildman–Crippen MR) is 108 cm³/mol. The summed E-state index contributed by atoms with van der Waals surface area (Å²) in [4.78, 5) is 29.9. The number of pyridine rings is 2. The number of ether oxygens (including phenoxy) is 2. The van der Waals surface area contributed by atoms with Crippen molar-refractivity contribution in [2.45, 2.75) is 38.0 Å². The molecule has 0 saturated heterocycles. The van der Waals surface area contributed by atoms with Crippen LogP contribution in [0, 0.1) is 5.82 Å². The topological polar surface area (TPSA) is 117 Å². The van der Waals surface area contributed by atoms with Gasteiger partial charge < -0.3 is 24.9 Å². The summed E-state index contributed by atoms with van der Waals surface area (Å²) >= 11 is 0. The molecule has 6 rings (SSSR count). The molecule has 1 aromatic carbocycles. The molecule has 3 aromatic rings. The minimum Gasteiger partial charge on any atom is -0.484 e. The van der Waals surface area contributed by atoms with E-state index < -0.39 is 46.7 Å². The lowest BCUT2D eigenvalue weighted by atomic mass is 9.86. The van der Waals surface area contributed by atoms with Crippen molar-refractivity contribution in [2.75, 3.05) is 12.3 Å². The highest BCUT2D eigenvalue weighted by Gasteiger charge is 2.48. The number of hydrogen-bond acceptors (Lipinski definition) is 7. The number of nitrogens with two attached hydrogens (primary N) is 1. The number of fused-ring (bicyclic) bond motifs is 5. The molecule has 0 spiro atoms. The van der Waals surface area contributed by atoms with Gasteiger partial charge in [-0.05, 0) is 12.5 Å². The highest BCUT2D eigenvalue weighted by Crippen LogP contribution is 2.50. The van der Waals surface area contributed by atoms with Crippen LogP contribution in [0.2, 0.25) is 0 Å². The Hall–Kier alpha value is -3.60. The fourth-order valence-corrected chi connectivity index (χ4v) is 4.98. The van der Waals surface area contributed by atoms with Crippen molar-refractivity contribution < 1.29 is 32.5 Å². The molecule has 0 radical (unpaired) electrons. The van der Waals surface area contributed by atoms with Crippen LogP contribution in [0.3, 0.4) is 0 Å². The lowest BCUT2D eigenvalue weighted by Crippen LogP contribution is -2.44. The highest BCUT2D eigenvalue weighted by atomic mass is 19.3. The van der Waals surface area contributed by atoms with E-state index in [9.17, 15) is 19.1 Å². The maximum atomic E-state index is 15.1. The van der Waals surface area contributed by atoms with Gasteiger partial charge in [-0.2, -0.15) is 8.78 Å². The number of halogens is 3. The first-order chi connectivity index (χ1) is 15.6. The number of aliphatic hydroxyl groups is 1. The Bertz CT molecular complexity index is 1500. The molecular formula is C22H16F3N3O5. The van der Waals surface area contributed by atoms with Gasteiger partial charge in [-0.25, -0.2) is 14.2 Å². The zero-order chi connectivity index (χ0) is 23.4. The largest absolute Gasteiger partial charge is 0.484 e. The first-order valence-electron chi connectivity index (χ1n) is 10.2. The summed E-state index contributed by atoms with van der Waals surface area (Å²) < 4.78 is 56.0. The fourth-order valence-electron chi connectivity index (χ4n) is 4.98. The van der Waals surface area contributed by atoms with E-state index >= 15 is 8.78 Å². The Morgan fingerprint density at radius 3 is 2.73 bits per heavy atom. The summed E-state index contributed by atoms with van der Waals surface area (Å²) in [6.45, 7) is -0.0525. The average molecular weight is 459 g/mol. The van der Waals surface area contributed by atoms with Crippen molar-refractivity contribution >= 4 is 22.6 Å². The van der Waals surface area contributed by atoms with Gasteiger partial charge >= 0.3 is 11.9 Å². The van der Waals surface area contributed by atoms with Crippen LogP contribution in [-0.2, 0) is 34.2 Å². The van der Waals surface area contributed by atoms with Crippen molar-refractivity contribution in [3.05, 3.63) is 50.6 Å². The summed E-state index contributed by atoms with van der Waals surface area (Å²) in [5.41, 5.74) is 2.58. The molecule has 0 fully saturated rings. The number of anilines is 1. The third-order valence-electron chi connectivity index (χ3n) is 6.68. The van der Waals surface area contributed by atoms with Gasteiger partial charge in [-0.1, -0.05) is 6.92 Å². The van der Waals surface area contributed by atoms with Gasteiger partial charge in [0.05, 0.1) is 34.4 Å². The maximum Gasteiger partial charge on any atom is 0.343 e. The van der Waals surface area contributed by atoms with Gasteiger partial charge in [0.1, 0.15) is 12.3 Å². The molecule has 2 aromatic heterocycles. The molecule has 3 aliphatic rings. The minimum absolute atomic E-state index is 0.0477. The number of cyclic esters (lactones) is 1. The van der Waals surface area contributed by atoms with Gasteiger partial charge in [-0.3, -0.25) is 4.79 Å². The van der Waals surface area contributed by atoms with Crippen LogP contribution in [0.15, 0.2) is 16.9 Å². The van der Waals surface area contributed by atoms with Crippen molar-refractivity contribution in [1.29, 1.82) is 0 Å². The molecule has 0 amide bonds. The third kappa shape index (κ3) is 2.32. The molecule has 170 valence electrons. The van der Waals surface area contributed by atoms with E-state index in [1.165, 1.54) is 10.6 Å². The number of esters is 1. The number of benzene rings is 1. The Morgan fingerprint density at radius 2 is 2.00 bits per heavy atom. The molecular weight excluding hydrogens is 443 g/mol. The zero-order valence-electron chi connectivity index (χ0n) is 17.2. The smallest absolute Gasteiger partial charge is 0.343 e. The molecule has 8 nitrogen and oxygen atoms in total. The maximum absolute atomic E-state index is 15.1. The number of carbonyl (C=O) groups is 1. The Morgan fingerprint density at radius 1 is 1.24 bits per heavy atom. The second kappa shape index (κ2) is 6.04. The third-order valence-corrected chi connectivity index (χ3v) is 6.68. The summed E-state index contributed by atoms with van der Waals surface area (Å²) in [7, 11) is 0. The monoisotopic (exact) mass is 459 g/mol. The second-order valence-corrected chi connectivity index (χ2v) is 8.41. The number of carbonyl (C=O) groups excluding carboxylic acids is 1. The highest BCUT2D eigenvalue weighted by molar-refractivity contribution is 5.98. The van der Waals surface area contributed by atoms with E-state index in [0.29, 0.717) is 0 Å². The summed E-state index contributed by atoms with van der Waals surface area (Å²) in [5.74, 6) is -5.42. The Balaban J connectivity index is 1.72. The molecule has 3 N–H and O–H groups in total. The molecule has 5 heterocycles. The van der Waals surface area contributed by atoms with Crippen LogP contribution in [0.1, 0.15) is 35.6 Å².